The molecule has 1 saturated heterocycles. The lowest BCUT2D eigenvalue weighted by Gasteiger charge is -2.15. The number of hydrogen-bond donors (Lipinski definition) is 2. The van der Waals surface area contributed by atoms with E-state index in [0.29, 0.717) is 28.5 Å². The summed E-state index contributed by atoms with van der Waals surface area (Å²) in [4.78, 5) is 50.0. The van der Waals surface area contributed by atoms with Crippen LogP contribution in [0.15, 0.2) is 57.9 Å². The second kappa shape index (κ2) is 11.3. The molecule has 0 atom stereocenters. The maximum atomic E-state index is 12.9. The quantitative estimate of drug-likeness (QED) is 0.368. The molecule has 3 aromatic rings. The molecule has 2 heterocycles. The Bertz CT molecular complexity index is 1440. The first-order valence-electron chi connectivity index (χ1n) is 11.4. The molecule has 1 aliphatic heterocycles. The third kappa shape index (κ3) is 5.89. The number of aryl methyl sites for hydroxylation is 2. The van der Waals surface area contributed by atoms with Crippen molar-refractivity contribution in [3.63, 3.8) is 0 Å². The van der Waals surface area contributed by atoms with Gasteiger partial charge in [-0.25, -0.2) is 4.79 Å². The fraction of sp³-hybridized carbons (Fsp3) is 0.185. The van der Waals surface area contributed by atoms with Gasteiger partial charge in [-0.1, -0.05) is 24.3 Å². The number of rotatable bonds is 9. The number of hydrogen-bond acceptors (Lipinski definition) is 8. The van der Waals surface area contributed by atoms with Gasteiger partial charge in [0.1, 0.15) is 18.9 Å². The van der Waals surface area contributed by atoms with Crippen LogP contribution in [0.3, 0.4) is 0 Å². The number of nitrogens with one attached hydrogen (secondary N) is 1. The Morgan fingerprint density at radius 3 is 2.47 bits per heavy atom. The number of carbonyl (C=O) groups excluding carboxylic acids is 3. The smallest absolute Gasteiger partial charge is 0.371 e. The number of aromatic carboxylic acids is 1. The molecule has 0 radical (unpaired) electrons. The highest BCUT2D eigenvalue weighted by molar-refractivity contribution is 8.18. The zero-order chi connectivity index (χ0) is 27.4. The van der Waals surface area contributed by atoms with Crippen LogP contribution in [0.1, 0.15) is 33.0 Å². The lowest BCUT2D eigenvalue weighted by molar-refractivity contribution is -0.127. The van der Waals surface area contributed by atoms with E-state index in [9.17, 15) is 19.2 Å². The molecule has 0 aliphatic carbocycles. The molecule has 2 aromatic carbocycles. The molecule has 0 unspecified atom stereocenters. The predicted octanol–water partition coefficient (Wildman–Crippen LogP) is 4.86. The van der Waals surface area contributed by atoms with Crippen LogP contribution in [0.25, 0.3) is 6.08 Å². The first-order valence-corrected chi connectivity index (χ1v) is 12.2. The molecule has 196 valence electrons. The normalized spacial score (nSPS) is 14.2. The summed E-state index contributed by atoms with van der Waals surface area (Å²) in [6.45, 7) is 3.30. The highest BCUT2D eigenvalue weighted by atomic mass is 32.2. The fourth-order valence-corrected chi connectivity index (χ4v) is 4.57. The van der Waals surface area contributed by atoms with Crippen LogP contribution in [0, 0.1) is 13.8 Å². The summed E-state index contributed by atoms with van der Waals surface area (Å²) in [5, 5.41) is 11.2. The number of imide groups is 1. The standard InChI is InChI=1S/C27H24N2O8S/c1-15-5-4-6-16(2)24(15)28-23(30)13-29-25(31)22(38-27(29)34)12-17-7-9-19(21(11-17)35-3)36-14-18-8-10-20(37-18)26(32)33/h4-12H,13-14H2,1-3H3,(H,28,30)(H,32,33)/b22-12-. The first kappa shape index (κ1) is 26.6. The molecule has 1 aliphatic rings. The summed E-state index contributed by atoms with van der Waals surface area (Å²) in [5.74, 6) is -1.36. The molecule has 2 N–H and O–H groups in total. The molecule has 1 aromatic heterocycles. The summed E-state index contributed by atoms with van der Waals surface area (Å²) < 4.78 is 16.2. The van der Waals surface area contributed by atoms with Gasteiger partial charge in [0, 0.05) is 5.69 Å². The van der Waals surface area contributed by atoms with E-state index in [1.165, 1.54) is 25.3 Å². The number of anilines is 1. The zero-order valence-corrected chi connectivity index (χ0v) is 21.6. The Hall–Kier alpha value is -4.51. The van der Waals surface area contributed by atoms with Gasteiger partial charge in [0.15, 0.2) is 11.5 Å². The number of ether oxygens (including phenoxy) is 2. The molecule has 3 amide bonds. The number of nitrogens with zero attached hydrogens (tertiary/aromatic N) is 1. The number of amides is 3. The summed E-state index contributed by atoms with van der Waals surface area (Å²) in [6, 6.07) is 13.4. The van der Waals surface area contributed by atoms with E-state index in [1.54, 1.807) is 18.2 Å². The largest absolute Gasteiger partial charge is 0.493 e. The monoisotopic (exact) mass is 536 g/mol. The maximum Gasteiger partial charge on any atom is 0.371 e. The van der Waals surface area contributed by atoms with Crippen LogP contribution >= 0.6 is 11.8 Å². The van der Waals surface area contributed by atoms with Gasteiger partial charge in [0.2, 0.25) is 11.7 Å². The third-order valence-electron chi connectivity index (χ3n) is 5.65. The average molecular weight is 537 g/mol. The van der Waals surface area contributed by atoms with Crippen molar-refractivity contribution in [1.29, 1.82) is 0 Å². The minimum atomic E-state index is -1.18. The van der Waals surface area contributed by atoms with Gasteiger partial charge in [-0.05, 0) is 72.6 Å². The molecule has 38 heavy (non-hydrogen) atoms. The number of methoxy groups -OCH3 is 1. The molecule has 10 nitrogen and oxygen atoms in total. The Kier molecular flexibility index (Phi) is 7.87. The van der Waals surface area contributed by atoms with Crippen molar-refractivity contribution in [2.75, 3.05) is 19.0 Å². The van der Waals surface area contributed by atoms with Gasteiger partial charge >= 0.3 is 5.97 Å². The minimum absolute atomic E-state index is 0.0219. The van der Waals surface area contributed by atoms with Gasteiger partial charge in [-0.15, -0.1) is 0 Å². The van der Waals surface area contributed by atoms with Crippen molar-refractivity contribution in [3.8, 4) is 11.5 Å². The number of furan rings is 1. The van der Waals surface area contributed by atoms with Crippen molar-refractivity contribution in [2.24, 2.45) is 0 Å². The summed E-state index contributed by atoms with van der Waals surface area (Å²) >= 11 is 0.747. The van der Waals surface area contributed by atoms with Crippen molar-refractivity contribution in [3.05, 3.63) is 81.6 Å². The van der Waals surface area contributed by atoms with E-state index in [1.807, 2.05) is 32.0 Å². The number of benzene rings is 2. The Labute approximate surface area is 222 Å². The number of carboxylic acid groups (broad SMARTS) is 1. The number of carboxylic acids is 1. The Balaban J connectivity index is 1.43. The summed E-state index contributed by atoms with van der Waals surface area (Å²) in [5.41, 5.74) is 2.99. The molecule has 11 heteroatoms. The van der Waals surface area contributed by atoms with Crippen LogP contribution in [0.5, 0.6) is 11.5 Å². The molecule has 0 bridgehead atoms. The van der Waals surface area contributed by atoms with Crippen LogP contribution in [-0.2, 0) is 16.2 Å². The minimum Gasteiger partial charge on any atom is -0.493 e. The lowest BCUT2D eigenvalue weighted by Crippen LogP contribution is -2.36. The second-order valence-corrected chi connectivity index (χ2v) is 9.35. The number of thioether (sulfide) groups is 1. The van der Waals surface area contributed by atoms with E-state index in [0.717, 1.165) is 27.8 Å². The van der Waals surface area contributed by atoms with E-state index < -0.39 is 29.6 Å². The van der Waals surface area contributed by atoms with Gasteiger partial charge < -0.3 is 24.3 Å². The van der Waals surface area contributed by atoms with Gasteiger partial charge in [0.25, 0.3) is 11.1 Å². The van der Waals surface area contributed by atoms with Gasteiger partial charge in [-0.3, -0.25) is 19.3 Å². The summed E-state index contributed by atoms with van der Waals surface area (Å²) in [7, 11) is 1.45. The second-order valence-electron chi connectivity index (χ2n) is 8.35. The van der Waals surface area contributed by atoms with E-state index in [-0.39, 0.29) is 17.3 Å². The zero-order valence-electron chi connectivity index (χ0n) is 20.8. The van der Waals surface area contributed by atoms with E-state index in [4.69, 9.17) is 19.0 Å². The average Bonchev–Trinajstić information content (AvgIpc) is 3.46. The van der Waals surface area contributed by atoms with Gasteiger partial charge in [-0.2, -0.15) is 0 Å². The van der Waals surface area contributed by atoms with Crippen molar-refractivity contribution >= 4 is 46.5 Å². The van der Waals surface area contributed by atoms with Crippen LogP contribution in [-0.4, -0.2) is 46.7 Å². The topological polar surface area (TPSA) is 135 Å². The summed E-state index contributed by atoms with van der Waals surface area (Å²) in [6.07, 6.45) is 1.53. The van der Waals surface area contributed by atoms with Crippen molar-refractivity contribution in [1.82, 2.24) is 4.90 Å². The number of carbonyl (C=O) groups is 4. The molecule has 1 fully saturated rings. The van der Waals surface area contributed by atoms with Crippen LogP contribution in [0.2, 0.25) is 0 Å². The molecule has 4 rings (SSSR count). The predicted molar refractivity (Wildman–Crippen MR) is 140 cm³/mol. The Morgan fingerprint density at radius 2 is 1.82 bits per heavy atom. The van der Waals surface area contributed by atoms with Crippen LogP contribution < -0.4 is 14.8 Å². The number of para-hydroxylation sites is 1. The van der Waals surface area contributed by atoms with Crippen molar-refractivity contribution in [2.45, 2.75) is 20.5 Å². The van der Waals surface area contributed by atoms with Crippen molar-refractivity contribution < 1.29 is 38.2 Å². The van der Waals surface area contributed by atoms with Gasteiger partial charge in [0.05, 0.1) is 12.0 Å². The molecular formula is C27H24N2O8S. The van der Waals surface area contributed by atoms with Crippen LogP contribution in [0.4, 0.5) is 10.5 Å². The first-order chi connectivity index (χ1) is 18.2. The maximum absolute atomic E-state index is 12.9. The molecular weight excluding hydrogens is 512 g/mol. The SMILES string of the molecule is COc1cc(/C=C2\SC(=O)N(CC(=O)Nc3c(C)cccc3C)C2=O)ccc1OCc1ccc(C(=O)O)o1. The highest BCUT2D eigenvalue weighted by Gasteiger charge is 2.36. The Morgan fingerprint density at radius 1 is 1.08 bits per heavy atom. The lowest BCUT2D eigenvalue weighted by atomic mass is 10.1. The van der Waals surface area contributed by atoms with E-state index in [2.05, 4.69) is 5.32 Å². The molecule has 0 saturated carbocycles. The fourth-order valence-electron chi connectivity index (χ4n) is 3.73. The van der Waals surface area contributed by atoms with E-state index >= 15 is 0 Å². The third-order valence-corrected chi connectivity index (χ3v) is 6.56. The molecule has 0 spiro atoms. The highest BCUT2D eigenvalue weighted by Crippen LogP contribution is 2.35.